The van der Waals surface area contributed by atoms with E-state index in [2.05, 4.69) is 25.4 Å². The van der Waals surface area contributed by atoms with Crippen LogP contribution in [0.2, 0.25) is 0 Å². The lowest BCUT2D eigenvalue weighted by atomic mass is 10.1. The van der Waals surface area contributed by atoms with E-state index < -0.39 is 24.0 Å². The Labute approximate surface area is 186 Å². The number of carbonyl (C=O) groups is 1. The summed E-state index contributed by atoms with van der Waals surface area (Å²) >= 11 is 0. The minimum atomic E-state index is -4.51. The number of alkyl halides is 3. The molecule has 1 aliphatic carbocycles. The van der Waals surface area contributed by atoms with E-state index in [1.807, 2.05) is 24.3 Å². The molecule has 1 aromatic carbocycles. The van der Waals surface area contributed by atoms with E-state index in [9.17, 15) is 18.0 Å². The van der Waals surface area contributed by atoms with Crippen molar-refractivity contribution < 1.29 is 18.0 Å². The van der Waals surface area contributed by atoms with Crippen molar-refractivity contribution in [2.45, 2.75) is 32.0 Å². The number of nitrogens with one attached hydrogen (secondary N) is 1. The van der Waals surface area contributed by atoms with Crippen LogP contribution < -0.4 is 5.32 Å². The fraction of sp³-hybridized carbons (Fsp3) is 0.261. The number of hydrogen-bond acceptors (Lipinski definition) is 5. The highest BCUT2D eigenvalue weighted by Gasteiger charge is 2.49. The zero-order valence-electron chi connectivity index (χ0n) is 17.5. The highest BCUT2D eigenvalue weighted by Crippen LogP contribution is 2.40. The highest BCUT2D eigenvalue weighted by molar-refractivity contribution is 6.00. The second-order valence-corrected chi connectivity index (χ2v) is 8.06. The van der Waals surface area contributed by atoms with Crippen molar-refractivity contribution in [3.05, 3.63) is 66.2 Å². The molecule has 4 aromatic rings. The summed E-state index contributed by atoms with van der Waals surface area (Å²) in [5, 5.41) is 6.31. The van der Waals surface area contributed by atoms with Crippen LogP contribution in [0.15, 0.2) is 55.0 Å². The summed E-state index contributed by atoms with van der Waals surface area (Å²) in [6, 6.07) is 9.10. The van der Waals surface area contributed by atoms with Gasteiger partial charge in [0.2, 0.25) is 0 Å². The average Bonchev–Trinajstić information content (AvgIpc) is 3.54. The number of nitrogens with zero attached hydrogens (tertiary/aromatic N) is 5. The number of fused-ring (bicyclic) bond motifs is 1. The summed E-state index contributed by atoms with van der Waals surface area (Å²) < 4.78 is 41.6. The Kier molecular flexibility index (Phi) is 5.07. The Bertz CT molecular complexity index is 1330. The maximum atomic E-state index is 13.4. The lowest BCUT2D eigenvalue weighted by Gasteiger charge is -2.20. The molecule has 1 aliphatic rings. The Morgan fingerprint density at radius 3 is 2.55 bits per heavy atom. The van der Waals surface area contributed by atoms with Crippen molar-refractivity contribution in [1.82, 2.24) is 29.9 Å². The van der Waals surface area contributed by atoms with Crippen LogP contribution in [0.4, 0.5) is 13.2 Å². The Morgan fingerprint density at radius 2 is 1.85 bits per heavy atom. The van der Waals surface area contributed by atoms with E-state index in [0.29, 0.717) is 30.1 Å². The van der Waals surface area contributed by atoms with E-state index >= 15 is 0 Å². The number of benzene rings is 1. The maximum absolute atomic E-state index is 13.4. The molecular weight excluding hydrogens is 433 g/mol. The molecule has 1 saturated carbocycles. The molecule has 7 nitrogen and oxygen atoms in total. The molecule has 1 N–H and O–H groups in total. The zero-order chi connectivity index (χ0) is 23.2. The van der Waals surface area contributed by atoms with Crippen LogP contribution in [-0.4, -0.2) is 42.7 Å². The summed E-state index contributed by atoms with van der Waals surface area (Å²) in [6.07, 6.45) is 0.939. The van der Waals surface area contributed by atoms with Crippen molar-refractivity contribution in [2.75, 3.05) is 0 Å². The monoisotopic (exact) mass is 452 g/mol. The molecule has 1 fully saturated rings. The van der Waals surface area contributed by atoms with Gasteiger partial charge in [0.15, 0.2) is 11.5 Å². The highest BCUT2D eigenvalue weighted by atomic mass is 19.4. The fourth-order valence-electron chi connectivity index (χ4n) is 3.80. The van der Waals surface area contributed by atoms with Crippen LogP contribution in [0.25, 0.3) is 28.3 Å². The van der Waals surface area contributed by atoms with Gasteiger partial charge in [0, 0.05) is 29.2 Å². The molecular formula is C23H19F3N6O. The zero-order valence-corrected chi connectivity index (χ0v) is 17.5. The number of hydrogen-bond donors (Lipinski definition) is 1. The molecule has 5 rings (SSSR count). The molecule has 0 spiro atoms. The third-order valence-corrected chi connectivity index (χ3v) is 5.61. The first kappa shape index (κ1) is 21.0. The first-order valence-electron chi connectivity index (χ1n) is 10.4. The quantitative estimate of drug-likeness (QED) is 0.490. The van der Waals surface area contributed by atoms with Gasteiger partial charge in [-0.2, -0.15) is 18.3 Å². The predicted molar refractivity (Wildman–Crippen MR) is 114 cm³/mol. The van der Waals surface area contributed by atoms with Crippen LogP contribution in [0.3, 0.4) is 0 Å². The lowest BCUT2D eigenvalue weighted by Crippen LogP contribution is -2.46. The van der Waals surface area contributed by atoms with Crippen molar-refractivity contribution in [3.8, 4) is 22.6 Å². The average molecular weight is 452 g/mol. The van der Waals surface area contributed by atoms with Crippen molar-refractivity contribution >= 4 is 11.6 Å². The van der Waals surface area contributed by atoms with E-state index in [4.69, 9.17) is 0 Å². The van der Waals surface area contributed by atoms with Gasteiger partial charge in [-0.15, -0.1) is 0 Å². The number of amides is 1. The molecule has 3 heterocycles. The van der Waals surface area contributed by atoms with E-state index in [1.54, 1.807) is 31.5 Å². The molecule has 0 radical (unpaired) electrons. The summed E-state index contributed by atoms with van der Waals surface area (Å²) in [5.41, 5.74) is 2.98. The minimum Gasteiger partial charge on any atom is -0.340 e. The summed E-state index contributed by atoms with van der Waals surface area (Å²) in [6.45, 7) is 1.79. The minimum absolute atomic E-state index is 0.00241. The predicted octanol–water partition coefficient (Wildman–Crippen LogP) is 4.23. The van der Waals surface area contributed by atoms with Gasteiger partial charge >= 0.3 is 6.18 Å². The van der Waals surface area contributed by atoms with Crippen LogP contribution >= 0.6 is 0 Å². The Balaban J connectivity index is 1.52. The van der Waals surface area contributed by atoms with Crippen molar-refractivity contribution in [1.29, 1.82) is 0 Å². The maximum Gasteiger partial charge on any atom is 0.408 e. The third-order valence-electron chi connectivity index (χ3n) is 5.61. The molecule has 1 amide bonds. The molecule has 0 aliphatic heterocycles. The Hall–Kier alpha value is -3.82. The number of halogens is 3. The summed E-state index contributed by atoms with van der Waals surface area (Å²) in [5.74, 6) is -0.862. The van der Waals surface area contributed by atoms with Gasteiger partial charge in [-0.1, -0.05) is 18.2 Å². The number of rotatable bonds is 5. The molecule has 0 bridgehead atoms. The van der Waals surface area contributed by atoms with Crippen molar-refractivity contribution in [3.63, 3.8) is 0 Å². The molecule has 0 saturated heterocycles. The second kappa shape index (κ2) is 7.95. The normalized spacial score (nSPS) is 14.9. The summed E-state index contributed by atoms with van der Waals surface area (Å²) in [7, 11) is 0. The van der Waals surface area contributed by atoms with E-state index in [0.717, 1.165) is 11.1 Å². The number of aromatic nitrogens is 5. The van der Waals surface area contributed by atoms with Gasteiger partial charge in [0.05, 0.1) is 11.9 Å². The van der Waals surface area contributed by atoms with Gasteiger partial charge in [-0.05, 0) is 43.9 Å². The molecule has 1 unspecified atom stereocenters. The number of aryl methyl sites for hydroxylation is 1. The first-order valence-corrected chi connectivity index (χ1v) is 10.4. The largest absolute Gasteiger partial charge is 0.408 e. The van der Waals surface area contributed by atoms with E-state index in [1.165, 1.54) is 10.7 Å². The van der Waals surface area contributed by atoms with Gasteiger partial charge in [-0.3, -0.25) is 4.79 Å². The summed E-state index contributed by atoms with van der Waals surface area (Å²) in [4.78, 5) is 25.9. The topological polar surface area (TPSA) is 85.1 Å². The fourth-order valence-corrected chi connectivity index (χ4v) is 3.80. The van der Waals surface area contributed by atoms with Gasteiger partial charge in [0.25, 0.3) is 5.91 Å². The SMILES string of the molecule is Cc1cc(-c2cccc(-c3ncccn3)c2)nc2c(C(=O)NC(C3CC3)C(F)(F)F)cnn12. The first-order chi connectivity index (χ1) is 15.8. The third kappa shape index (κ3) is 4.15. The van der Waals surface area contributed by atoms with Crippen LogP contribution in [-0.2, 0) is 0 Å². The lowest BCUT2D eigenvalue weighted by molar-refractivity contribution is -0.158. The molecule has 10 heteroatoms. The van der Waals surface area contributed by atoms with Crippen LogP contribution in [0.1, 0.15) is 28.9 Å². The molecule has 168 valence electrons. The van der Waals surface area contributed by atoms with Crippen molar-refractivity contribution in [2.24, 2.45) is 5.92 Å². The Morgan fingerprint density at radius 1 is 1.12 bits per heavy atom. The smallest absolute Gasteiger partial charge is 0.340 e. The van der Waals surface area contributed by atoms with E-state index in [-0.39, 0.29) is 11.2 Å². The van der Waals surface area contributed by atoms with Crippen LogP contribution in [0, 0.1) is 12.8 Å². The van der Waals surface area contributed by atoms with Gasteiger partial charge in [-0.25, -0.2) is 19.5 Å². The van der Waals surface area contributed by atoms with Crippen LogP contribution in [0.5, 0.6) is 0 Å². The molecule has 33 heavy (non-hydrogen) atoms. The molecule has 3 aromatic heterocycles. The number of carbonyl (C=O) groups excluding carboxylic acids is 1. The second-order valence-electron chi connectivity index (χ2n) is 8.06. The van der Waals surface area contributed by atoms with Gasteiger partial charge < -0.3 is 5.32 Å². The molecule has 1 atom stereocenters. The van der Waals surface area contributed by atoms with Gasteiger partial charge in [0.1, 0.15) is 11.6 Å². The standard InChI is InChI=1S/C23H19F3N6O/c1-13-10-18(15-4-2-5-16(11-15)20-27-8-3-9-28-20)30-21-17(12-29-32(13)21)22(33)31-19(14-6-7-14)23(24,25)26/h2-5,8-12,14,19H,6-7H2,1H3,(H,31,33).